The zero-order valence-electron chi connectivity index (χ0n) is 10.1. The number of hydrogen-bond donors (Lipinski definition) is 1. The van der Waals surface area contributed by atoms with Crippen LogP contribution in [0.1, 0.15) is 53.9 Å². The van der Waals surface area contributed by atoms with Crippen molar-refractivity contribution < 1.29 is 0 Å². The van der Waals surface area contributed by atoms with Crippen molar-refractivity contribution in [2.24, 2.45) is 11.8 Å². The van der Waals surface area contributed by atoms with Crippen LogP contribution < -0.4 is 5.32 Å². The van der Waals surface area contributed by atoms with Crippen molar-refractivity contribution >= 4 is 0 Å². The second-order valence-corrected chi connectivity index (χ2v) is 4.49. The monoisotopic (exact) mass is 185 g/mol. The molecule has 1 N–H and O–H groups in total. The summed E-state index contributed by atoms with van der Waals surface area (Å²) in [5, 5.41) is 3.65. The average Bonchev–Trinajstić information content (AvgIpc) is 2.05. The van der Waals surface area contributed by atoms with Crippen molar-refractivity contribution in [2.45, 2.75) is 59.9 Å². The lowest BCUT2D eigenvalue weighted by atomic mass is 9.88. The second kappa shape index (κ2) is 7.37. The van der Waals surface area contributed by atoms with Gasteiger partial charge in [-0.25, -0.2) is 0 Å². The molecule has 0 aromatic heterocycles. The summed E-state index contributed by atoms with van der Waals surface area (Å²) >= 11 is 0. The van der Waals surface area contributed by atoms with Crippen LogP contribution in [0.25, 0.3) is 0 Å². The van der Waals surface area contributed by atoms with E-state index in [-0.39, 0.29) is 0 Å². The summed E-state index contributed by atoms with van der Waals surface area (Å²) in [6.07, 6.45) is 3.89. The predicted molar refractivity (Wildman–Crippen MR) is 61.0 cm³/mol. The largest absolute Gasteiger partial charge is 0.313 e. The fraction of sp³-hybridized carbons (Fsp3) is 1.00. The van der Waals surface area contributed by atoms with E-state index < -0.39 is 0 Å². The fourth-order valence-electron chi connectivity index (χ4n) is 2.04. The molecule has 0 radical (unpaired) electrons. The van der Waals surface area contributed by atoms with Crippen LogP contribution in [0.3, 0.4) is 0 Å². The zero-order chi connectivity index (χ0) is 10.3. The molecule has 0 aliphatic heterocycles. The van der Waals surface area contributed by atoms with E-state index in [2.05, 4.69) is 39.9 Å². The van der Waals surface area contributed by atoms with Crippen molar-refractivity contribution in [2.75, 3.05) is 6.54 Å². The molecule has 0 aromatic carbocycles. The molecular weight excluding hydrogens is 158 g/mol. The van der Waals surface area contributed by atoms with E-state index in [1.807, 2.05) is 0 Å². The molecule has 2 unspecified atom stereocenters. The van der Waals surface area contributed by atoms with Gasteiger partial charge in [-0.2, -0.15) is 0 Å². The molecule has 0 heterocycles. The molecule has 0 bridgehead atoms. The first-order valence-electron chi connectivity index (χ1n) is 5.86. The third-order valence-electron chi connectivity index (χ3n) is 2.71. The minimum Gasteiger partial charge on any atom is -0.313 e. The minimum absolute atomic E-state index is 0.708. The van der Waals surface area contributed by atoms with E-state index in [1.54, 1.807) is 0 Å². The molecule has 1 nitrogen and oxygen atoms in total. The Labute approximate surface area is 84.3 Å². The normalized spacial score (nSPS) is 16.2. The molecule has 0 amide bonds. The summed E-state index contributed by atoms with van der Waals surface area (Å²) < 4.78 is 0. The van der Waals surface area contributed by atoms with Crippen LogP contribution >= 0.6 is 0 Å². The lowest BCUT2D eigenvalue weighted by Gasteiger charge is -2.28. The standard InChI is InChI=1S/C12H27N/c1-6-8-11(5)12(10(3)4)13-9-7-2/h10-13H,6-9H2,1-5H3. The van der Waals surface area contributed by atoms with E-state index >= 15 is 0 Å². The van der Waals surface area contributed by atoms with Gasteiger partial charge in [-0.1, -0.05) is 41.0 Å². The molecule has 2 atom stereocenters. The van der Waals surface area contributed by atoms with Crippen LogP contribution in [-0.2, 0) is 0 Å². The first kappa shape index (κ1) is 13.0. The number of nitrogens with one attached hydrogen (secondary N) is 1. The molecule has 0 rings (SSSR count). The van der Waals surface area contributed by atoms with Gasteiger partial charge < -0.3 is 5.32 Å². The van der Waals surface area contributed by atoms with Crippen molar-refractivity contribution in [3.05, 3.63) is 0 Å². The maximum absolute atomic E-state index is 3.65. The van der Waals surface area contributed by atoms with Gasteiger partial charge in [0.25, 0.3) is 0 Å². The summed E-state index contributed by atoms with van der Waals surface area (Å²) in [5.41, 5.74) is 0. The smallest absolute Gasteiger partial charge is 0.0116 e. The van der Waals surface area contributed by atoms with Crippen molar-refractivity contribution in [1.29, 1.82) is 0 Å². The van der Waals surface area contributed by atoms with E-state index in [1.165, 1.54) is 19.3 Å². The molecular formula is C12H27N. The summed E-state index contributed by atoms with van der Waals surface area (Å²) in [6.45, 7) is 12.7. The van der Waals surface area contributed by atoms with E-state index in [9.17, 15) is 0 Å². The summed E-state index contributed by atoms with van der Waals surface area (Å²) in [5.74, 6) is 1.57. The van der Waals surface area contributed by atoms with Crippen molar-refractivity contribution in [1.82, 2.24) is 5.32 Å². The lowest BCUT2D eigenvalue weighted by Crippen LogP contribution is -2.39. The summed E-state index contributed by atoms with van der Waals surface area (Å²) in [6, 6.07) is 0.708. The Morgan fingerprint density at radius 1 is 1.00 bits per heavy atom. The predicted octanol–water partition coefficient (Wildman–Crippen LogP) is 3.45. The highest BCUT2D eigenvalue weighted by molar-refractivity contribution is 4.75. The SMILES string of the molecule is CCCNC(C(C)C)C(C)CCC. The third-order valence-corrected chi connectivity index (χ3v) is 2.71. The Balaban J connectivity index is 3.91. The van der Waals surface area contributed by atoms with E-state index in [0.29, 0.717) is 6.04 Å². The lowest BCUT2D eigenvalue weighted by molar-refractivity contribution is 0.285. The molecule has 1 heteroatoms. The average molecular weight is 185 g/mol. The molecule has 0 aliphatic carbocycles. The molecule has 0 saturated heterocycles. The maximum Gasteiger partial charge on any atom is 0.0116 e. The summed E-state index contributed by atoms with van der Waals surface area (Å²) in [7, 11) is 0. The number of hydrogen-bond acceptors (Lipinski definition) is 1. The first-order valence-corrected chi connectivity index (χ1v) is 5.86. The maximum atomic E-state index is 3.65. The highest BCUT2D eigenvalue weighted by Crippen LogP contribution is 2.17. The van der Waals surface area contributed by atoms with Gasteiger partial charge in [0.15, 0.2) is 0 Å². The van der Waals surface area contributed by atoms with Crippen molar-refractivity contribution in [3.63, 3.8) is 0 Å². The van der Waals surface area contributed by atoms with Crippen LogP contribution in [0, 0.1) is 11.8 Å². The Kier molecular flexibility index (Phi) is 7.35. The number of rotatable bonds is 7. The van der Waals surface area contributed by atoms with Gasteiger partial charge in [-0.3, -0.25) is 0 Å². The highest BCUT2D eigenvalue weighted by Gasteiger charge is 2.18. The van der Waals surface area contributed by atoms with Gasteiger partial charge in [0.1, 0.15) is 0 Å². The highest BCUT2D eigenvalue weighted by atomic mass is 14.9. The molecule has 0 fully saturated rings. The minimum atomic E-state index is 0.708. The van der Waals surface area contributed by atoms with Crippen LogP contribution in [0.5, 0.6) is 0 Å². The second-order valence-electron chi connectivity index (χ2n) is 4.49. The van der Waals surface area contributed by atoms with Crippen molar-refractivity contribution in [3.8, 4) is 0 Å². The van der Waals surface area contributed by atoms with Gasteiger partial charge in [0.2, 0.25) is 0 Å². The topological polar surface area (TPSA) is 12.0 Å². The van der Waals surface area contributed by atoms with Crippen LogP contribution in [-0.4, -0.2) is 12.6 Å². The van der Waals surface area contributed by atoms with Crippen LogP contribution in [0.15, 0.2) is 0 Å². The third kappa shape index (κ3) is 5.30. The van der Waals surface area contributed by atoms with Crippen LogP contribution in [0.4, 0.5) is 0 Å². The van der Waals surface area contributed by atoms with Gasteiger partial charge in [-0.15, -0.1) is 0 Å². The fourth-order valence-corrected chi connectivity index (χ4v) is 2.04. The molecule has 80 valence electrons. The Morgan fingerprint density at radius 2 is 1.62 bits per heavy atom. The van der Waals surface area contributed by atoms with Gasteiger partial charge >= 0.3 is 0 Å². The molecule has 0 saturated carbocycles. The molecule has 13 heavy (non-hydrogen) atoms. The van der Waals surface area contributed by atoms with Gasteiger partial charge in [0.05, 0.1) is 0 Å². The molecule has 0 spiro atoms. The summed E-state index contributed by atoms with van der Waals surface area (Å²) in [4.78, 5) is 0. The van der Waals surface area contributed by atoms with E-state index in [0.717, 1.165) is 18.4 Å². The molecule has 0 aromatic rings. The Bertz CT molecular complexity index is 110. The van der Waals surface area contributed by atoms with Crippen LogP contribution in [0.2, 0.25) is 0 Å². The van der Waals surface area contributed by atoms with Gasteiger partial charge in [-0.05, 0) is 31.2 Å². The van der Waals surface area contributed by atoms with E-state index in [4.69, 9.17) is 0 Å². The Morgan fingerprint density at radius 3 is 2.00 bits per heavy atom. The quantitative estimate of drug-likeness (QED) is 0.640. The zero-order valence-corrected chi connectivity index (χ0v) is 10.1. The van der Waals surface area contributed by atoms with Gasteiger partial charge in [0, 0.05) is 6.04 Å². The molecule has 0 aliphatic rings. The first-order chi connectivity index (χ1) is 6.13. The Hall–Kier alpha value is -0.0400.